The Morgan fingerprint density at radius 3 is 2.03 bits per heavy atom. The molecule has 0 unspecified atom stereocenters. The van der Waals surface area contributed by atoms with E-state index < -0.39 is 0 Å². The smallest absolute Gasteiger partial charge is 0.0320 e. The predicted octanol–water partition coefficient (Wildman–Crippen LogP) is 5.82. The second-order valence-corrected chi connectivity index (χ2v) is 8.92. The molecule has 1 saturated heterocycles. The molecule has 0 aromatic heterocycles. The molecule has 5 N–H and O–H groups in total. The van der Waals surface area contributed by atoms with Gasteiger partial charge in [0, 0.05) is 37.6 Å². The van der Waals surface area contributed by atoms with Gasteiger partial charge in [-0.15, -0.1) is 0 Å². The van der Waals surface area contributed by atoms with Gasteiger partial charge in [0.2, 0.25) is 0 Å². The van der Waals surface area contributed by atoms with Gasteiger partial charge < -0.3 is 21.7 Å². The van der Waals surface area contributed by atoms with Gasteiger partial charge in [-0.05, 0) is 82.4 Å². The van der Waals surface area contributed by atoms with Crippen molar-refractivity contribution >= 4 is 32.9 Å². The van der Waals surface area contributed by atoms with E-state index in [9.17, 15) is 0 Å². The summed E-state index contributed by atoms with van der Waals surface area (Å²) < 4.78 is 0. The van der Waals surface area contributed by atoms with Crippen LogP contribution in [0.3, 0.4) is 0 Å². The van der Waals surface area contributed by atoms with Crippen molar-refractivity contribution in [2.24, 2.45) is 0 Å². The Bertz CT molecular complexity index is 1210. The first kappa shape index (κ1) is 23.1. The number of anilines is 2. The molecule has 0 spiro atoms. The maximum absolute atomic E-state index is 6.07. The summed E-state index contributed by atoms with van der Waals surface area (Å²) in [5.74, 6) is 0. The van der Waals surface area contributed by atoms with Crippen molar-refractivity contribution in [2.75, 3.05) is 44.2 Å². The first-order valence-corrected chi connectivity index (χ1v) is 12.1. The first-order chi connectivity index (χ1) is 16.1. The predicted molar refractivity (Wildman–Crippen MR) is 145 cm³/mol. The van der Waals surface area contributed by atoms with E-state index in [2.05, 4.69) is 72.6 Å². The average Bonchev–Trinajstić information content (AvgIpc) is 2.85. The quantitative estimate of drug-likeness (QED) is 0.276. The number of aryl methyl sites for hydroxylation is 1. The largest absolute Gasteiger partial charge is 0.399 e. The number of hydrogen-bond acceptors (Lipinski definition) is 4. The number of benzene rings is 4. The van der Waals surface area contributed by atoms with Crippen LogP contribution in [0.25, 0.3) is 32.7 Å². The number of rotatable bonds is 4. The highest BCUT2D eigenvalue weighted by Gasteiger charge is 2.13. The fraction of sp³-hybridized carbons (Fsp3) is 0.310. The van der Waals surface area contributed by atoms with Gasteiger partial charge in [0.15, 0.2) is 0 Å². The van der Waals surface area contributed by atoms with Crippen LogP contribution in [-0.4, -0.2) is 37.6 Å². The van der Waals surface area contributed by atoms with E-state index in [1.165, 1.54) is 83.8 Å². The van der Waals surface area contributed by atoms with Gasteiger partial charge in [-0.3, -0.25) is 0 Å². The Balaban J connectivity index is 0.000000219. The molecule has 4 nitrogen and oxygen atoms in total. The minimum absolute atomic E-state index is 0.781. The van der Waals surface area contributed by atoms with Crippen molar-refractivity contribution in [3.05, 3.63) is 72.3 Å². The summed E-state index contributed by atoms with van der Waals surface area (Å²) in [5, 5.41) is 8.15. The lowest BCUT2D eigenvalue weighted by molar-refractivity contribution is 0.238. The third kappa shape index (κ3) is 5.29. The van der Waals surface area contributed by atoms with Crippen molar-refractivity contribution in [3.8, 4) is 11.1 Å². The summed E-state index contributed by atoms with van der Waals surface area (Å²) in [6.07, 6.45) is 2.68. The van der Waals surface area contributed by atoms with Gasteiger partial charge in [0.05, 0.1) is 0 Å². The second kappa shape index (κ2) is 10.7. The molecule has 0 aliphatic carbocycles. The van der Waals surface area contributed by atoms with Crippen molar-refractivity contribution in [1.82, 2.24) is 10.2 Å². The topological polar surface area (TPSA) is 67.3 Å². The number of hydrogen-bond donors (Lipinski definition) is 3. The molecule has 1 aliphatic rings. The summed E-state index contributed by atoms with van der Waals surface area (Å²) in [5.41, 5.74) is 17.3. The van der Waals surface area contributed by atoms with Crippen LogP contribution >= 0.6 is 0 Å². The van der Waals surface area contributed by atoms with Gasteiger partial charge in [-0.2, -0.15) is 0 Å². The van der Waals surface area contributed by atoms with E-state index in [0.717, 1.165) is 11.4 Å². The standard InChI is InChI=1S/C21H18N2.C8H18N2/c1-13-19-11-15(22)7-9-17(19)18-10-8-16(23)12-20(18)21(13)14-5-3-2-4-6-14;1-2-3-6-10-7-4-9-5-8-10/h2-12H,22-23H2,1H3;9H,2-8H2,1H3. The maximum Gasteiger partial charge on any atom is 0.0320 e. The molecule has 0 bridgehead atoms. The lowest BCUT2D eigenvalue weighted by Gasteiger charge is -2.26. The molecule has 4 aromatic carbocycles. The number of nitrogens with one attached hydrogen (secondary N) is 1. The van der Waals surface area contributed by atoms with Gasteiger partial charge in [-0.1, -0.05) is 55.8 Å². The third-order valence-corrected chi connectivity index (χ3v) is 6.53. The highest BCUT2D eigenvalue weighted by Crippen LogP contribution is 2.39. The van der Waals surface area contributed by atoms with Crippen LogP contribution in [-0.2, 0) is 0 Å². The number of nitrogens with two attached hydrogens (primary N) is 2. The lowest BCUT2D eigenvalue weighted by atomic mass is 9.88. The SMILES string of the molecule is CCCCN1CCNCC1.Cc1c(-c2ccccc2)c2cc(N)ccc2c2ccc(N)cc12. The highest BCUT2D eigenvalue weighted by molar-refractivity contribution is 6.16. The molecule has 0 saturated carbocycles. The Hall–Kier alpha value is -3.08. The van der Waals surface area contributed by atoms with E-state index in [0.29, 0.717) is 0 Å². The Morgan fingerprint density at radius 1 is 0.788 bits per heavy atom. The van der Waals surface area contributed by atoms with Crippen LogP contribution in [0, 0.1) is 6.92 Å². The number of nitrogen functional groups attached to an aromatic ring is 2. The van der Waals surface area contributed by atoms with Crippen LogP contribution in [0.5, 0.6) is 0 Å². The number of fused-ring (bicyclic) bond motifs is 3. The molecule has 4 aromatic rings. The van der Waals surface area contributed by atoms with Gasteiger partial charge in [-0.25, -0.2) is 0 Å². The third-order valence-electron chi connectivity index (χ3n) is 6.53. The van der Waals surface area contributed by atoms with Crippen LogP contribution in [0.4, 0.5) is 11.4 Å². The molecule has 0 radical (unpaired) electrons. The fourth-order valence-electron chi connectivity index (χ4n) is 4.74. The molecule has 1 heterocycles. The summed E-state index contributed by atoms with van der Waals surface area (Å²) in [6.45, 7) is 10.6. The van der Waals surface area contributed by atoms with E-state index in [-0.39, 0.29) is 0 Å². The summed E-state index contributed by atoms with van der Waals surface area (Å²) in [6, 6.07) is 22.7. The Labute approximate surface area is 197 Å². The van der Waals surface area contributed by atoms with Crippen LogP contribution < -0.4 is 16.8 Å². The molecule has 172 valence electrons. The van der Waals surface area contributed by atoms with Crippen molar-refractivity contribution in [1.29, 1.82) is 0 Å². The van der Waals surface area contributed by atoms with E-state index in [1.807, 2.05) is 18.2 Å². The van der Waals surface area contributed by atoms with E-state index >= 15 is 0 Å². The summed E-state index contributed by atoms with van der Waals surface area (Å²) >= 11 is 0. The zero-order valence-corrected chi connectivity index (χ0v) is 19.9. The Morgan fingerprint density at radius 2 is 1.39 bits per heavy atom. The number of piperazine rings is 1. The van der Waals surface area contributed by atoms with E-state index in [1.54, 1.807) is 0 Å². The molecule has 0 amide bonds. The lowest BCUT2D eigenvalue weighted by Crippen LogP contribution is -2.43. The molecule has 4 heteroatoms. The van der Waals surface area contributed by atoms with Gasteiger partial charge in [0.25, 0.3) is 0 Å². The zero-order valence-electron chi connectivity index (χ0n) is 19.9. The zero-order chi connectivity index (χ0) is 23.2. The number of unbranched alkanes of at least 4 members (excludes halogenated alkanes) is 1. The van der Waals surface area contributed by atoms with Crippen LogP contribution in [0.1, 0.15) is 25.3 Å². The van der Waals surface area contributed by atoms with Crippen LogP contribution in [0.15, 0.2) is 66.7 Å². The molecular weight excluding hydrogens is 404 g/mol. The fourth-order valence-corrected chi connectivity index (χ4v) is 4.74. The molecule has 1 fully saturated rings. The van der Waals surface area contributed by atoms with Crippen molar-refractivity contribution in [2.45, 2.75) is 26.7 Å². The minimum atomic E-state index is 0.781. The molecule has 1 aliphatic heterocycles. The maximum atomic E-state index is 6.07. The Kier molecular flexibility index (Phi) is 7.48. The first-order valence-electron chi connectivity index (χ1n) is 12.1. The summed E-state index contributed by atoms with van der Waals surface area (Å²) in [4.78, 5) is 2.54. The monoisotopic (exact) mass is 440 g/mol. The molecule has 5 rings (SSSR count). The number of nitrogens with zero attached hydrogens (tertiary/aromatic N) is 1. The van der Waals surface area contributed by atoms with E-state index in [4.69, 9.17) is 11.5 Å². The van der Waals surface area contributed by atoms with Crippen LogP contribution in [0.2, 0.25) is 0 Å². The van der Waals surface area contributed by atoms with Crippen molar-refractivity contribution in [3.63, 3.8) is 0 Å². The normalized spacial score (nSPS) is 14.2. The average molecular weight is 441 g/mol. The molecule has 0 atom stereocenters. The molecule has 33 heavy (non-hydrogen) atoms. The van der Waals surface area contributed by atoms with Gasteiger partial charge in [0.1, 0.15) is 0 Å². The minimum Gasteiger partial charge on any atom is -0.399 e. The van der Waals surface area contributed by atoms with Gasteiger partial charge >= 0.3 is 0 Å². The molecular formula is C29H36N4. The second-order valence-electron chi connectivity index (χ2n) is 8.92. The van der Waals surface area contributed by atoms with Crippen molar-refractivity contribution < 1.29 is 0 Å². The highest BCUT2D eigenvalue weighted by atomic mass is 15.2. The summed E-state index contributed by atoms with van der Waals surface area (Å²) in [7, 11) is 0.